The Morgan fingerprint density at radius 2 is 2.10 bits per heavy atom. The second kappa shape index (κ2) is 4.99. The highest BCUT2D eigenvalue weighted by Crippen LogP contribution is 2.46. The van der Waals surface area contributed by atoms with E-state index in [-0.39, 0.29) is 12.2 Å². The zero-order valence-corrected chi connectivity index (χ0v) is 12.0. The Balaban J connectivity index is 2.36. The van der Waals surface area contributed by atoms with E-state index in [9.17, 15) is 23.3 Å². The summed E-state index contributed by atoms with van der Waals surface area (Å²) in [6.45, 7) is 0.0242. The van der Waals surface area contributed by atoms with E-state index in [2.05, 4.69) is 5.32 Å². The first-order valence-corrected chi connectivity index (χ1v) is 8.01. The van der Waals surface area contributed by atoms with E-state index in [0.717, 1.165) is 12.3 Å². The van der Waals surface area contributed by atoms with Crippen LogP contribution in [-0.4, -0.2) is 37.2 Å². The van der Waals surface area contributed by atoms with Crippen LogP contribution in [0.15, 0.2) is 23.1 Å². The van der Waals surface area contributed by atoms with E-state index >= 15 is 0 Å². The molecule has 21 heavy (non-hydrogen) atoms. The number of nitrogens with zero attached hydrogens (tertiary/aromatic N) is 1. The topological polar surface area (TPSA) is 127 Å². The van der Waals surface area contributed by atoms with Crippen LogP contribution in [0.1, 0.15) is 12.8 Å². The maximum atomic E-state index is 11.6. The highest BCUT2D eigenvalue weighted by molar-refractivity contribution is 7.90. The third kappa shape index (κ3) is 2.97. The van der Waals surface area contributed by atoms with Gasteiger partial charge in [-0.05, 0) is 25.0 Å². The number of nitro benzene ring substituents is 1. The Bertz CT molecular complexity index is 708. The van der Waals surface area contributed by atoms with Gasteiger partial charge in [-0.25, -0.2) is 8.42 Å². The molecule has 2 N–H and O–H groups in total. The van der Waals surface area contributed by atoms with Crippen LogP contribution < -0.4 is 5.32 Å². The van der Waals surface area contributed by atoms with Crippen LogP contribution >= 0.6 is 0 Å². The van der Waals surface area contributed by atoms with Crippen molar-refractivity contribution in [2.24, 2.45) is 5.41 Å². The Morgan fingerprint density at radius 1 is 1.48 bits per heavy atom. The van der Waals surface area contributed by atoms with Crippen LogP contribution in [0.3, 0.4) is 0 Å². The second-order valence-electron chi connectivity index (χ2n) is 5.12. The predicted octanol–water partition coefficient (Wildman–Crippen LogP) is 1.27. The summed E-state index contributed by atoms with van der Waals surface area (Å²) in [5.41, 5.74) is -1.45. The maximum Gasteiger partial charge on any atom is 0.311 e. The molecule has 114 valence electrons. The number of hydrogen-bond acceptors (Lipinski definition) is 6. The number of carboxylic acid groups (broad SMARTS) is 1. The number of benzene rings is 1. The van der Waals surface area contributed by atoms with Crippen molar-refractivity contribution >= 4 is 27.2 Å². The van der Waals surface area contributed by atoms with Gasteiger partial charge in [0.1, 0.15) is 10.6 Å². The first-order chi connectivity index (χ1) is 9.67. The zero-order valence-electron chi connectivity index (χ0n) is 11.2. The molecule has 0 heterocycles. The summed E-state index contributed by atoms with van der Waals surface area (Å²) in [6, 6.07) is 3.90. The van der Waals surface area contributed by atoms with Crippen LogP contribution in [0.4, 0.5) is 11.4 Å². The van der Waals surface area contributed by atoms with Crippen molar-refractivity contribution in [2.75, 3.05) is 18.1 Å². The van der Waals surface area contributed by atoms with Crippen molar-refractivity contribution < 1.29 is 23.2 Å². The fourth-order valence-corrected chi connectivity index (χ4v) is 2.90. The lowest BCUT2D eigenvalue weighted by Crippen LogP contribution is -2.24. The van der Waals surface area contributed by atoms with Crippen molar-refractivity contribution in [1.29, 1.82) is 0 Å². The quantitative estimate of drug-likeness (QED) is 0.598. The van der Waals surface area contributed by atoms with Gasteiger partial charge in [-0.15, -0.1) is 0 Å². The fraction of sp³-hybridized carbons (Fsp3) is 0.417. The number of carboxylic acids is 1. The van der Waals surface area contributed by atoms with Gasteiger partial charge in [0.05, 0.1) is 10.3 Å². The molecule has 2 rings (SSSR count). The first kappa shape index (κ1) is 15.2. The Morgan fingerprint density at radius 3 is 2.52 bits per heavy atom. The third-order valence-electron chi connectivity index (χ3n) is 3.51. The number of carbonyl (C=O) groups is 1. The van der Waals surface area contributed by atoms with Crippen LogP contribution in [-0.2, 0) is 14.6 Å². The molecule has 1 aliphatic carbocycles. The molecule has 1 aliphatic rings. The average Bonchev–Trinajstić information content (AvgIpc) is 3.15. The molecule has 0 aliphatic heterocycles. The molecule has 0 unspecified atom stereocenters. The number of nitro groups is 1. The number of rotatable bonds is 6. The molecule has 0 spiro atoms. The van der Waals surface area contributed by atoms with Gasteiger partial charge in [0.25, 0.3) is 0 Å². The van der Waals surface area contributed by atoms with Crippen molar-refractivity contribution in [3.8, 4) is 0 Å². The summed E-state index contributed by atoms with van der Waals surface area (Å²) in [7, 11) is -3.75. The second-order valence-corrected chi connectivity index (χ2v) is 7.10. The van der Waals surface area contributed by atoms with Crippen LogP contribution in [0.5, 0.6) is 0 Å². The molecule has 0 amide bonds. The number of para-hydroxylation sites is 1. The number of hydrogen-bond donors (Lipinski definition) is 2. The molecular weight excluding hydrogens is 300 g/mol. The van der Waals surface area contributed by atoms with Crippen molar-refractivity contribution in [3.63, 3.8) is 0 Å². The Labute approximate surface area is 120 Å². The summed E-state index contributed by atoms with van der Waals surface area (Å²) in [5, 5.41) is 22.9. The standard InChI is InChI=1S/C12H14N2O6S/c1-21(19,20)9-4-2-3-8(10(9)14(17)18)13-7-12(5-6-12)11(15)16/h2-4,13H,5-7H2,1H3,(H,15,16). The monoisotopic (exact) mass is 314 g/mol. The zero-order chi connectivity index (χ0) is 15.8. The summed E-state index contributed by atoms with van der Waals surface area (Å²) >= 11 is 0. The van der Waals surface area contributed by atoms with Crippen LogP contribution in [0.2, 0.25) is 0 Å². The minimum atomic E-state index is -3.75. The van der Waals surface area contributed by atoms with E-state index in [1.54, 1.807) is 0 Å². The smallest absolute Gasteiger partial charge is 0.311 e. The molecule has 8 nitrogen and oxygen atoms in total. The van der Waals surface area contributed by atoms with Gasteiger partial charge in [-0.2, -0.15) is 0 Å². The van der Waals surface area contributed by atoms with E-state index < -0.39 is 36.7 Å². The molecule has 1 saturated carbocycles. The van der Waals surface area contributed by atoms with E-state index in [0.29, 0.717) is 12.8 Å². The molecule has 0 bridgehead atoms. The van der Waals surface area contributed by atoms with Crippen molar-refractivity contribution in [3.05, 3.63) is 28.3 Å². The highest BCUT2D eigenvalue weighted by Gasteiger charge is 2.50. The predicted molar refractivity (Wildman–Crippen MR) is 74.0 cm³/mol. The average molecular weight is 314 g/mol. The first-order valence-electron chi connectivity index (χ1n) is 6.12. The Kier molecular flexibility index (Phi) is 3.62. The summed E-state index contributed by atoms with van der Waals surface area (Å²) in [5.74, 6) is -0.961. The largest absolute Gasteiger partial charge is 0.481 e. The highest BCUT2D eigenvalue weighted by atomic mass is 32.2. The van der Waals surface area contributed by atoms with Gasteiger partial charge in [-0.3, -0.25) is 14.9 Å². The van der Waals surface area contributed by atoms with Crippen LogP contribution in [0.25, 0.3) is 0 Å². The molecule has 1 aromatic rings. The molecule has 0 radical (unpaired) electrons. The van der Waals surface area contributed by atoms with Crippen molar-refractivity contribution in [2.45, 2.75) is 17.7 Å². The minimum absolute atomic E-state index is 0.00968. The summed E-state index contributed by atoms with van der Waals surface area (Å²) < 4.78 is 23.2. The third-order valence-corrected chi connectivity index (χ3v) is 4.63. The SMILES string of the molecule is CS(=O)(=O)c1cccc(NCC2(C(=O)O)CC2)c1[N+](=O)[O-]. The molecule has 0 aromatic heterocycles. The van der Waals surface area contributed by atoms with Crippen LogP contribution in [0, 0.1) is 15.5 Å². The van der Waals surface area contributed by atoms with Gasteiger partial charge in [0.15, 0.2) is 9.84 Å². The number of aliphatic carboxylic acids is 1. The number of nitrogens with one attached hydrogen (secondary N) is 1. The molecular formula is C12H14N2O6S. The van der Waals surface area contributed by atoms with Gasteiger partial charge >= 0.3 is 11.7 Å². The molecule has 0 atom stereocenters. The lowest BCUT2D eigenvalue weighted by Gasteiger charge is -2.13. The molecule has 9 heteroatoms. The van der Waals surface area contributed by atoms with E-state index in [1.807, 2.05) is 0 Å². The Hall–Kier alpha value is -2.16. The molecule has 1 fully saturated rings. The summed E-state index contributed by atoms with van der Waals surface area (Å²) in [6.07, 6.45) is 1.88. The van der Waals surface area contributed by atoms with Gasteiger partial charge in [-0.1, -0.05) is 6.07 Å². The lowest BCUT2D eigenvalue weighted by atomic mass is 10.1. The lowest BCUT2D eigenvalue weighted by molar-refractivity contribution is -0.386. The van der Waals surface area contributed by atoms with Gasteiger partial charge in [0, 0.05) is 12.8 Å². The number of sulfone groups is 1. The number of anilines is 1. The summed E-state index contributed by atoms with van der Waals surface area (Å²) in [4.78, 5) is 21.1. The minimum Gasteiger partial charge on any atom is -0.481 e. The molecule has 1 aromatic carbocycles. The van der Waals surface area contributed by atoms with E-state index in [1.165, 1.54) is 12.1 Å². The van der Waals surface area contributed by atoms with Crippen molar-refractivity contribution in [1.82, 2.24) is 0 Å². The van der Waals surface area contributed by atoms with Gasteiger partial charge < -0.3 is 10.4 Å². The molecule has 0 saturated heterocycles. The van der Waals surface area contributed by atoms with E-state index in [4.69, 9.17) is 5.11 Å². The fourth-order valence-electron chi connectivity index (χ4n) is 2.03. The normalized spacial score (nSPS) is 16.2. The maximum absolute atomic E-state index is 11.6. The van der Waals surface area contributed by atoms with Gasteiger partial charge in [0.2, 0.25) is 0 Å².